The molecule has 2 aromatic heterocycles. The van der Waals surface area contributed by atoms with Crippen LogP contribution in [0.3, 0.4) is 0 Å². The Morgan fingerprint density at radius 3 is 2.40 bits per heavy atom. The van der Waals surface area contributed by atoms with Gasteiger partial charge in [-0.1, -0.05) is 20.8 Å². The second kappa shape index (κ2) is 8.10. The molecule has 1 aliphatic heterocycles. The van der Waals surface area contributed by atoms with Crippen LogP contribution in [0.4, 0.5) is 5.82 Å². The number of aryl methyl sites for hydroxylation is 2. The molecule has 1 saturated heterocycles. The molecule has 162 valence electrons. The maximum absolute atomic E-state index is 12.8. The Kier molecular flexibility index (Phi) is 5.66. The number of carbonyl (C=O) groups excluding carboxylic acids is 1. The number of fused-ring (bicyclic) bond motifs is 1. The number of likely N-dealkylation sites (tertiary alicyclic amines) is 1. The SMILES string of the molecule is Cc1cnn(C)c1-c1ccc(NC(=O)C2CC3CN(CCC(C)(C)C)C[C@@H]3C2)nn1. The quantitative estimate of drug-likeness (QED) is 0.816. The van der Waals surface area contributed by atoms with Gasteiger partial charge in [0.05, 0.1) is 11.9 Å². The number of anilines is 1. The zero-order valence-corrected chi connectivity index (χ0v) is 18.9. The van der Waals surface area contributed by atoms with Gasteiger partial charge < -0.3 is 10.2 Å². The van der Waals surface area contributed by atoms with Crippen molar-refractivity contribution in [2.75, 3.05) is 25.0 Å². The van der Waals surface area contributed by atoms with E-state index in [1.54, 1.807) is 4.68 Å². The maximum Gasteiger partial charge on any atom is 0.228 e. The minimum absolute atomic E-state index is 0.0874. The predicted molar refractivity (Wildman–Crippen MR) is 118 cm³/mol. The fourth-order valence-corrected chi connectivity index (χ4v) is 4.96. The van der Waals surface area contributed by atoms with Crippen molar-refractivity contribution in [2.24, 2.45) is 30.2 Å². The molecule has 2 fully saturated rings. The van der Waals surface area contributed by atoms with Gasteiger partial charge in [-0.3, -0.25) is 9.48 Å². The summed E-state index contributed by atoms with van der Waals surface area (Å²) >= 11 is 0. The third-order valence-corrected chi connectivity index (χ3v) is 6.66. The highest BCUT2D eigenvalue weighted by Gasteiger charge is 2.43. The lowest BCUT2D eigenvalue weighted by atomic mass is 9.92. The van der Waals surface area contributed by atoms with Crippen LogP contribution in [0.25, 0.3) is 11.4 Å². The van der Waals surface area contributed by atoms with E-state index in [9.17, 15) is 4.79 Å². The van der Waals surface area contributed by atoms with E-state index in [0.29, 0.717) is 23.1 Å². The highest BCUT2D eigenvalue weighted by Crippen LogP contribution is 2.42. The van der Waals surface area contributed by atoms with Crippen LogP contribution in [0.1, 0.15) is 45.6 Å². The zero-order valence-electron chi connectivity index (χ0n) is 18.9. The van der Waals surface area contributed by atoms with Crippen LogP contribution in [-0.2, 0) is 11.8 Å². The van der Waals surface area contributed by atoms with Gasteiger partial charge in [0.25, 0.3) is 0 Å². The van der Waals surface area contributed by atoms with Crippen LogP contribution in [-0.4, -0.2) is 50.4 Å². The number of amides is 1. The normalized spacial score (nSPS) is 24.2. The predicted octanol–water partition coefficient (Wildman–Crippen LogP) is 3.52. The highest BCUT2D eigenvalue weighted by molar-refractivity contribution is 5.91. The summed E-state index contributed by atoms with van der Waals surface area (Å²) in [6, 6.07) is 3.72. The van der Waals surface area contributed by atoms with Crippen LogP contribution >= 0.6 is 0 Å². The lowest BCUT2D eigenvalue weighted by Gasteiger charge is -2.24. The lowest BCUT2D eigenvalue weighted by Crippen LogP contribution is -2.28. The first kappa shape index (κ1) is 21.0. The Morgan fingerprint density at radius 1 is 1.17 bits per heavy atom. The van der Waals surface area contributed by atoms with Gasteiger partial charge in [-0.05, 0) is 67.7 Å². The summed E-state index contributed by atoms with van der Waals surface area (Å²) in [4.78, 5) is 15.4. The highest BCUT2D eigenvalue weighted by atomic mass is 16.2. The summed E-state index contributed by atoms with van der Waals surface area (Å²) in [6.07, 6.45) is 5.02. The van der Waals surface area contributed by atoms with Crippen molar-refractivity contribution >= 4 is 11.7 Å². The molecule has 2 aliphatic rings. The molecule has 1 aliphatic carbocycles. The molecule has 7 heteroatoms. The van der Waals surface area contributed by atoms with Crippen LogP contribution in [0.5, 0.6) is 0 Å². The summed E-state index contributed by atoms with van der Waals surface area (Å²) in [5.74, 6) is 2.01. The number of rotatable bonds is 5. The van der Waals surface area contributed by atoms with E-state index in [2.05, 4.69) is 46.3 Å². The largest absolute Gasteiger partial charge is 0.309 e. The second-order valence-corrected chi connectivity index (χ2v) is 10.4. The third kappa shape index (κ3) is 4.56. The van der Waals surface area contributed by atoms with Crippen molar-refractivity contribution in [2.45, 2.75) is 47.0 Å². The van der Waals surface area contributed by atoms with Gasteiger partial charge in [0, 0.05) is 26.1 Å². The van der Waals surface area contributed by atoms with E-state index in [0.717, 1.165) is 42.9 Å². The third-order valence-electron chi connectivity index (χ3n) is 6.66. The van der Waals surface area contributed by atoms with Gasteiger partial charge in [0.15, 0.2) is 5.82 Å². The van der Waals surface area contributed by atoms with Crippen LogP contribution in [0, 0.1) is 30.1 Å². The number of hydrogen-bond acceptors (Lipinski definition) is 5. The molecule has 2 aromatic rings. The number of aromatic nitrogens is 4. The number of carbonyl (C=O) groups is 1. The van der Waals surface area contributed by atoms with Crippen LogP contribution in [0.15, 0.2) is 18.3 Å². The van der Waals surface area contributed by atoms with Crippen LogP contribution in [0.2, 0.25) is 0 Å². The van der Waals surface area contributed by atoms with E-state index in [-0.39, 0.29) is 11.8 Å². The van der Waals surface area contributed by atoms with Crippen molar-refractivity contribution in [3.05, 3.63) is 23.9 Å². The zero-order chi connectivity index (χ0) is 21.5. The van der Waals surface area contributed by atoms with Gasteiger partial charge >= 0.3 is 0 Å². The second-order valence-electron chi connectivity index (χ2n) is 10.4. The first-order chi connectivity index (χ1) is 14.2. The molecule has 2 unspecified atom stereocenters. The fourth-order valence-electron chi connectivity index (χ4n) is 4.96. The minimum atomic E-state index is 0.0874. The van der Waals surface area contributed by atoms with Gasteiger partial charge in [-0.15, -0.1) is 10.2 Å². The molecule has 3 heterocycles. The van der Waals surface area contributed by atoms with E-state index >= 15 is 0 Å². The van der Waals surface area contributed by atoms with Crippen LogP contribution < -0.4 is 5.32 Å². The monoisotopic (exact) mass is 410 g/mol. The van der Waals surface area contributed by atoms with Crippen molar-refractivity contribution < 1.29 is 4.79 Å². The first-order valence-electron chi connectivity index (χ1n) is 11.1. The molecule has 1 amide bonds. The molecule has 0 aromatic carbocycles. The standard InChI is InChI=1S/C23H34N6O/c1-15-12-24-28(5)21(15)19-6-7-20(27-26-19)25-22(30)16-10-17-13-29(14-18(17)11-16)9-8-23(2,3)4/h6-7,12,16-18H,8-11,13-14H2,1-5H3,(H,25,27,30)/t16?,17-,18?/m0/s1. The minimum Gasteiger partial charge on any atom is -0.309 e. The molecule has 7 nitrogen and oxygen atoms in total. The maximum atomic E-state index is 12.8. The van der Waals surface area contributed by atoms with E-state index in [1.807, 2.05) is 32.3 Å². The summed E-state index contributed by atoms with van der Waals surface area (Å²) in [5, 5.41) is 15.8. The lowest BCUT2D eigenvalue weighted by molar-refractivity contribution is -0.119. The Balaban J connectivity index is 1.30. The summed E-state index contributed by atoms with van der Waals surface area (Å²) in [5.41, 5.74) is 3.14. The number of hydrogen-bond donors (Lipinski definition) is 1. The number of nitrogens with one attached hydrogen (secondary N) is 1. The molecule has 0 radical (unpaired) electrons. The Morgan fingerprint density at radius 2 is 1.87 bits per heavy atom. The molecule has 3 atom stereocenters. The van der Waals surface area contributed by atoms with Gasteiger partial charge in [0.1, 0.15) is 5.69 Å². The first-order valence-corrected chi connectivity index (χ1v) is 11.1. The Labute approximate surface area is 179 Å². The molecule has 0 bridgehead atoms. The fraction of sp³-hybridized carbons (Fsp3) is 0.652. The van der Waals surface area contributed by atoms with E-state index in [4.69, 9.17) is 0 Å². The summed E-state index contributed by atoms with van der Waals surface area (Å²) in [7, 11) is 1.89. The van der Waals surface area contributed by atoms with E-state index < -0.39 is 0 Å². The number of nitrogens with zero attached hydrogens (tertiary/aromatic N) is 5. The smallest absolute Gasteiger partial charge is 0.228 e. The molecule has 0 spiro atoms. The van der Waals surface area contributed by atoms with Gasteiger partial charge in [-0.2, -0.15) is 5.10 Å². The molecule has 1 N–H and O–H groups in total. The van der Waals surface area contributed by atoms with Crippen molar-refractivity contribution in [3.8, 4) is 11.4 Å². The Hall–Kier alpha value is -2.28. The van der Waals surface area contributed by atoms with Gasteiger partial charge in [-0.25, -0.2) is 0 Å². The van der Waals surface area contributed by atoms with E-state index in [1.165, 1.54) is 13.0 Å². The Bertz CT molecular complexity index is 864. The average molecular weight is 411 g/mol. The van der Waals surface area contributed by atoms with Crippen molar-refractivity contribution in [3.63, 3.8) is 0 Å². The summed E-state index contributed by atoms with van der Waals surface area (Å²) < 4.78 is 1.79. The molecular formula is C23H34N6O. The van der Waals surface area contributed by atoms with Crippen molar-refractivity contribution in [1.82, 2.24) is 24.9 Å². The molecular weight excluding hydrogens is 376 g/mol. The molecule has 30 heavy (non-hydrogen) atoms. The topological polar surface area (TPSA) is 75.9 Å². The molecule has 4 rings (SSSR count). The summed E-state index contributed by atoms with van der Waals surface area (Å²) in [6.45, 7) is 12.4. The van der Waals surface area contributed by atoms with Crippen molar-refractivity contribution in [1.29, 1.82) is 0 Å². The molecule has 1 saturated carbocycles. The average Bonchev–Trinajstić information content (AvgIpc) is 3.33. The van der Waals surface area contributed by atoms with Gasteiger partial charge in [0.2, 0.25) is 5.91 Å².